The first-order valence-corrected chi connectivity index (χ1v) is 10.2. The van der Waals surface area contributed by atoms with E-state index in [0.29, 0.717) is 6.61 Å². The SMILES string of the molecule is CN=C(NCCc1cccc2cccnc12)N1CCOC(c2ccccc2C)C1. The van der Waals surface area contributed by atoms with Gasteiger partial charge in [0.1, 0.15) is 6.10 Å². The standard InChI is InChI=1S/C24H28N4O/c1-18-7-3-4-11-21(18)22-17-28(15-16-29-22)24(25-2)27-14-12-20-9-5-8-19-10-6-13-26-23(19)20/h3-11,13,22H,12,14-17H2,1-2H3,(H,25,27). The van der Waals surface area contributed by atoms with Crippen molar-refractivity contribution in [2.45, 2.75) is 19.4 Å². The van der Waals surface area contributed by atoms with Crippen LogP contribution in [0.15, 0.2) is 65.8 Å². The van der Waals surface area contributed by atoms with Gasteiger partial charge in [-0.3, -0.25) is 9.98 Å². The normalized spacial score (nSPS) is 17.5. The second-order valence-electron chi connectivity index (χ2n) is 7.38. The zero-order valence-corrected chi connectivity index (χ0v) is 17.1. The molecule has 150 valence electrons. The van der Waals surface area contributed by atoms with Crippen LogP contribution in [-0.4, -0.2) is 49.1 Å². The van der Waals surface area contributed by atoms with Crippen LogP contribution in [0.5, 0.6) is 0 Å². The first-order chi connectivity index (χ1) is 14.3. The molecular weight excluding hydrogens is 360 g/mol. The molecule has 1 aromatic heterocycles. The summed E-state index contributed by atoms with van der Waals surface area (Å²) in [5.74, 6) is 0.931. The van der Waals surface area contributed by atoms with Crippen LogP contribution in [-0.2, 0) is 11.2 Å². The van der Waals surface area contributed by atoms with E-state index >= 15 is 0 Å². The zero-order chi connectivity index (χ0) is 20.1. The summed E-state index contributed by atoms with van der Waals surface area (Å²) in [5, 5.41) is 4.72. The highest BCUT2D eigenvalue weighted by Gasteiger charge is 2.25. The Hall–Kier alpha value is -2.92. The highest BCUT2D eigenvalue weighted by molar-refractivity contribution is 5.82. The number of hydrogen-bond donors (Lipinski definition) is 1. The van der Waals surface area contributed by atoms with Gasteiger partial charge in [0.2, 0.25) is 0 Å². The van der Waals surface area contributed by atoms with E-state index in [9.17, 15) is 0 Å². The smallest absolute Gasteiger partial charge is 0.193 e. The summed E-state index contributed by atoms with van der Waals surface area (Å²) in [6.07, 6.45) is 2.84. The Balaban J connectivity index is 1.39. The molecule has 1 saturated heterocycles. The summed E-state index contributed by atoms with van der Waals surface area (Å²) in [7, 11) is 1.85. The number of morpholine rings is 1. The predicted octanol–water partition coefficient (Wildman–Crippen LogP) is 3.73. The molecule has 2 heterocycles. The molecule has 0 bridgehead atoms. The molecule has 5 heteroatoms. The van der Waals surface area contributed by atoms with Crippen LogP contribution in [0.2, 0.25) is 0 Å². The van der Waals surface area contributed by atoms with E-state index in [1.807, 2.05) is 19.3 Å². The molecule has 0 amide bonds. The van der Waals surface area contributed by atoms with E-state index in [2.05, 4.69) is 75.6 Å². The number of fused-ring (bicyclic) bond motifs is 1. The fourth-order valence-electron chi connectivity index (χ4n) is 3.99. The summed E-state index contributed by atoms with van der Waals surface area (Å²) >= 11 is 0. The lowest BCUT2D eigenvalue weighted by atomic mass is 10.0. The summed E-state index contributed by atoms with van der Waals surface area (Å²) in [4.78, 5) is 11.4. The molecule has 3 aromatic rings. The Morgan fingerprint density at radius 3 is 2.90 bits per heavy atom. The second kappa shape index (κ2) is 9.05. The number of hydrogen-bond acceptors (Lipinski definition) is 3. The van der Waals surface area contributed by atoms with E-state index in [-0.39, 0.29) is 6.10 Å². The largest absolute Gasteiger partial charge is 0.370 e. The molecule has 1 atom stereocenters. The van der Waals surface area contributed by atoms with Crippen molar-refractivity contribution < 1.29 is 4.74 Å². The number of aliphatic imine (C=N–C) groups is 1. The van der Waals surface area contributed by atoms with Crippen molar-refractivity contribution in [1.82, 2.24) is 15.2 Å². The van der Waals surface area contributed by atoms with Crippen molar-refractivity contribution in [3.05, 3.63) is 77.5 Å². The zero-order valence-electron chi connectivity index (χ0n) is 17.1. The molecule has 1 N–H and O–H groups in total. The van der Waals surface area contributed by atoms with Crippen molar-refractivity contribution in [3.8, 4) is 0 Å². The minimum atomic E-state index is 0.0748. The van der Waals surface area contributed by atoms with Gasteiger partial charge in [0.05, 0.1) is 18.7 Å². The Morgan fingerprint density at radius 1 is 1.17 bits per heavy atom. The van der Waals surface area contributed by atoms with Crippen molar-refractivity contribution in [1.29, 1.82) is 0 Å². The van der Waals surface area contributed by atoms with Gasteiger partial charge >= 0.3 is 0 Å². The van der Waals surface area contributed by atoms with Gasteiger partial charge in [0, 0.05) is 31.7 Å². The fourth-order valence-corrected chi connectivity index (χ4v) is 3.99. The maximum atomic E-state index is 6.06. The van der Waals surface area contributed by atoms with Crippen molar-refractivity contribution in [3.63, 3.8) is 0 Å². The number of nitrogens with one attached hydrogen (secondary N) is 1. The third-order valence-electron chi connectivity index (χ3n) is 5.51. The number of nitrogens with zero attached hydrogens (tertiary/aromatic N) is 3. The third kappa shape index (κ3) is 4.40. The number of para-hydroxylation sites is 1. The fraction of sp³-hybridized carbons (Fsp3) is 0.333. The molecule has 0 spiro atoms. The predicted molar refractivity (Wildman–Crippen MR) is 118 cm³/mol. The summed E-state index contributed by atoms with van der Waals surface area (Å²) in [5.41, 5.74) is 4.86. The average molecular weight is 389 g/mol. The van der Waals surface area contributed by atoms with Gasteiger partial charge in [-0.1, -0.05) is 48.5 Å². The number of guanidine groups is 1. The lowest BCUT2D eigenvalue weighted by Gasteiger charge is -2.35. The lowest BCUT2D eigenvalue weighted by molar-refractivity contribution is -0.00829. The number of aryl methyl sites for hydroxylation is 1. The third-order valence-corrected chi connectivity index (χ3v) is 5.51. The molecule has 5 nitrogen and oxygen atoms in total. The topological polar surface area (TPSA) is 49.8 Å². The Morgan fingerprint density at radius 2 is 2.03 bits per heavy atom. The molecule has 1 aliphatic heterocycles. The average Bonchev–Trinajstić information content (AvgIpc) is 2.77. The minimum absolute atomic E-state index is 0.0748. The van der Waals surface area contributed by atoms with Crippen molar-refractivity contribution in [2.24, 2.45) is 4.99 Å². The number of pyridine rings is 1. The van der Waals surface area contributed by atoms with Crippen LogP contribution in [0.1, 0.15) is 22.8 Å². The van der Waals surface area contributed by atoms with Gasteiger partial charge < -0.3 is 15.0 Å². The van der Waals surface area contributed by atoms with E-state index in [0.717, 1.165) is 37.5 Å². The maximum Gasteiger partial charge on any atom is 0.193 e. The number of rotatable bonds is 4. The van der Waals surface area contributed by atoms with Crippen LogP contribution in [0.4, 0.5) is 0 Å². The minimum Gasteiger partial charge on any atom is -0.370 e. The second-order valence-corrected chi connectivity index (χ2v) is 7.38. The maximum absolute atomic E-state index is 6.06. The van der Waals surface area contributed by atoms with Gasteiger partial charge in [0.25, 0.3) is 0 Å². The number of ether oxygens (including phenoxy) is 1. The highest BCUT2D eigenvalue weighted by atomic mass is 16.5. The van der Waals surface area contributed by atoms with Crippen LogP contribution >= 0.6 is 0 Å². The van der Waals surface area contributed by atoms with E-state index in [4.69, 9.17) is 4.74 Å². The quantitative estimate of drug-likeness (QED) is 0.546. The van der Waals surface area contributed by atoms with Crippen LogP contribution in [0.25, 0.3) is 10.9 Å². The van der Waals surface area contributed by atoms with Crippen LogP contribution in [0, 0.1) is 6.92 Å². The Labute approximate surface area is 172 Å². The Kier molecular flexibility index (Phi) is 6.06. The molecule has 2 aromatic carbocycles. The van der Waals surface area contributed by atoms with Gasteiger partial charge in [0.15, 0.2) is 5.96 Å². The van der Waals surface area contributed by atoms with Crippen LogP contribution in [0.3, 0.4) is 0 Å². The van der Waals surface area contributed by atoms with Gasteiger partial charge in [-0.25, -0.2) is 0 Å². The summed E-state index contributed by atoms with van der Waals surface area (Å²) in [6, 6.07) is 18.9. The molecule has 4 rings (SSSR count). The molecule has 29 heavy (non-hydrogen) atoms. The summed E-state index contributed by atoms with van der Waals surface area (Å²) < 4.78 is 6.06. The molecule has 1 fully saturated rings. The molecule has 0 aliphatic carbocycles. The van der Waals surface area contributed by atoms with Gasteiger partial charge in [-0.15, -0.1) is 0 Å². The molecule has 0 radical (unpaired) electrons. The molecular formula is C24H28N4O. The summed E-state index contributed by atoms with van der Waals surface area (Å²) in [6.45, 7) is 5.31. The number of aromatic nitrogens is 1. The van der Waals surface area contributed by atoms with E-state index < -0.39 is 0 Å². The number of benzene rings is 2. The van der Waals surface area contributed by atoms with Crippen LogP contribution < -0.4 is 5.32 Å². The van der Waals surface area contributed by atoms with Gasteiger partial charge in [-0.05, 0) is 36.1 Å². The first-order valence-electron chi connectivity index (χ1n) is 10.2. The van der Waals surface area contributed by atoms with Gasteiger partial charge in [-0.2, -0.15) is 0 Å². The molecule has 1 aliphatic rings. The molecule has 1 unspecified atom stereocenters. The van der Waals surface area contributed by atoms with Crippen molar-refractivity contribution >= 4 is 16.9 Å². The first kappa shape index (κ1) is 19.4. The van der Waals surface area contributed by atoms with Crippen molar-refractivity contribution in [2.75, 3.05) is 33.3 Å². The van der Waals surface area contributed by atoms with E-state index in [1.165, 1.54) is 22.1 Å². The lowest BCUT2D eigenvalue weighted by Crippen LogP contribution is -2.48. The Bertz CT molecular complexity index is 996. The highest BCUT2D eigenvalue weighted by Crippen LogP contribution is 2.25. The monoisotopic (exact) mass is 388 g/mol. The molecule has 0 saturated carbocycles. The van der Waals surface area contributed by atoms with E-state index in [1.54, 1.807) is 0 Å².